The van der Waals surface area contributed by atoms with E-state index in [1.807, 2.05) is 30.8 Å². The Hall–Kier alpha value is -2.47. The molecular formula is C22H31F3N6O2S. The first-order valence-electron chi connectivity index (χ1n) is 11.0. The van der Waals surface area contributed by atoms with E-state index in [0.717, 1.165) is 6.54 Å². The summed E-state index contributed by atoms with van der Waals surface area (Å²) in [6.45, 7) is 9.04. The minimum atomic E-state index is -4.56. The van der Waals surface area contributed by atoms with Crippen LogP contribution in [-0.4, -0.2) is 82.8 Å². The van der Waals surface area contributed by atoms with E-state index in [1.165, 1.54) is 12.4 Å². The molecular weight excluding hydrogens is 469 g/mol. The van der Waals surface area contributed by atoms with Crippen LogP contribution in [0.25, 0.3) is 11.3 Å². The van der Waals surface area contributed by atoms with Gasteiger partial charge in [0, 0.05) is 56.6 Å². The van der Waals surface area contributed by atoms with E-state index in [4.69, 9.17) is 4.74 Å². The van der Waals surface area contributed by atoms with Crippen LogP contribution in [0.4, 0.5) is 23.0 Å². The van der Waals surface area contributed by atoms with Gasteiger partial charge in [0.1, 0.15) is 22.1 Å². The van der Waals surface area contributed by atoms with Crippen LogP contribution in [0.15, 0.2) is 12.4 Å². The third-order valence-corrected chi connectivity index (χ3v) is 6.32. The lowest BCUT2D eigenvalue weighted by Crippen LogP contribution is -2.55. The van der Waals surface area contributed by atoms with Crippen LogP contribution in [0.1, 0.15) is 38.5 Å². The highest BCUT2D eigenvalue weighted by Gasteiger charge is 2.39. The summed E-state index contributed by atoms with van der Waals surface area (Å²) in [7, 11) is 3.89. The monoisotopic (exact) mass is 500 g/mol. The number of thiazole rings is 1. The molecule has 1 unspecified atom stereocenters. The fourth-order valence-corrected chi connectivity index (χ4v) is 4.49. The number of likely N-dealkylation sites (N-methyl/N-ethyl adjacent to an activating group) is 1. The fourth-order valence-electron chi connectivity index (χ4n) is 3.50. The molecule has 3 rings (SSSR count). The van der Waals surface area contributed by atoms with Crippen molar-refractivity contribution < 1.29 is 22.7 Å². The summed E-state index contributed by atoms with van der Waals surface area (Å²) in [5.74, 6) is 0.616. The molecule has 0 aliphatic carbocycles. The summed E-state index contributed by atoms with van der Waals surface area (Å²) in [6.07, 6.45) is -1.31. The van der Waals surface area contributed by atoms with Gasteiger partial charge in [-0.3, -0.25) is 0 Å². The van der Waals surface area contributed by atoms with Crippen LogP contribution in [0, 0.1) is 0 Å². The van der Waals surface area contributed by atoms with Gasteiger partial charge < -0.3 is 19.4 Å². The number of rotatable bonds is 5. The van der Waals surface area contributed by atoms with Crippen LogP contribution in [0.2, 0.25) is 0 Å². The van der Waals surface area contributed by atoms with Gasteiger partial charge in [0.15, 0.2) is 0 Å². The average molecular weight is 501 g/mol. The molecule has 12 heteroatoms. The van der Waals surface area contributed by atoms with Crippen molar-refractivity contribution in [2.45, 2.75) is 51.9 Å². The van der Waals surface area contributed by atoms with Crippen molar-refractivity contribution in [1.82, 2.24) is 24.8 Å². The zero-order chi connectivity index (χ0) is 25.3. The number of carbonyl (C=O) groups is 1. The number of carbonyl (C=O) groups excluding carboxylic acids is 1. The summed E-state index contributed by atoms with van der Waals surface area (Å²) < 4.78 is 46.1. The Morgan fingerprint density at radius 3 is 2.38 bits per heavy atom. The Kier molecular flexibility index (Phi) is 7.71. The molecule has 0 bridgehead atoms. The first-order chi connectivity index (χ1) is 15.7. The van der Waals surface area contributed by atoms with Gasteiger partial charge >= 0.3 is 12.3 Å². The van der Waals surface area contributed by atoms with Gasteiger partial charge in [-0.05, 0) is 41.8 Å². The molecule has 2 aromatic heterocycles. The van der Waals surface area contributed by atoms with Gasteiger partial charge in [0.2, 0.25) is 5.01 Å². The topological polar surface area (TPSA) is 74.7 Å². The summed E-state index contributed by atoms with van der Waals surface area (Å²) in [5, 5.41) is -0.524. The molecule has 1 aliphatic rings. The largest absolute Gasteiger partial charge is 0.444 e. The summed E-state index contributed by atoms with van der Waals surface area (Å²) in [5.41, 5.74) is 0.00557. The minimum Gasteiger partial charge on any atom is -0.444 e. The van der Waals surface area contributed by atoms with Gasteiger partial charge in [0.25, 0.3) is 0 Å². The lowest BCUT2D eigenvalue weighted by molar-refractivity contribution is -0.137. The van der Waals surface area contributed by atoms with E-state index in [0.29, 0.717) is 53.8 Å². The molecule has 1 aliphatic heterocycles. The Morgan fingerprint density at radius 2 is 1.85 bits per heavy atom. The second-order valence-corrected chi connectivity index (χ2v) is 10.6. The normalized spacial score (nSPS) is 17.4. The Labute approximate surface area is 201 Å². The zero-order valence-corrected chi connectivity index (χ0v) is 21.1. The molecule has 1 atom stereocenters. The maximum Gasteiger partial charge on any atom is 0.443 e. The molecule has 1 saturated heterocycles. The van der Waals surface area contributed by atoms with Crippen molar-refractivity contribution >= 4 is 22.4 Å². The van der Waals surface area contributed by atoms with E-state index in [2.05, 4.69) is 15.0 Å². The highest BCUT2D eigenvalue weighted by molar-refractivity contribution is 7.16. The van der Waals surface area contributed by atoms with Gasteiger partial charge in [0.05, 0.1) is 0 Å². The smallest absolute Gasteiger partial charge is 0.443 e. The number of hydrogen-bond donors (Lipinski definition) is 0. The van der Waals surface area contributed by atoms with Crippen molar-refractivity contribution in [1.29, 1.82) is 0 Å². The molecule has 0 radical (unpaired) electrons. The van der Waals surface area contributed by atoms with E-state index in [9.17, 15) is 18.0 Å². The number of amides is 1. The molecule has 1 fully saturated rings. The van der Waals surface area contributed by atoms with Crippen LogP contribution in [0.3, 0.4) is 0 Å². The van der Waals surface area contributed by atoms with Gasteiger partial charge in [-0.15, -0.1) is 0 Å². The number of nitrogens with zero attached hydrogens (tertiary/aromatic N) is 6. The second kappa shape index (κ2) is 10.0. The first kappa shape index (κ1) is 26.1. The summed E-state index contributed by atoms with van der Waals surface area (Å²) >= 11 is 0.601. The van der Waals surface area contributed by atoms with Crippen molar-refractivity contribution in [2.75, 3.05) is 45.2 Å². The average Bonchev–Trinajstić information content (AvgIpc) is 3.17. The number of anilines is 1. The Bertz CT molecular complexity index is 988. The zero-order valence-electron chi connectivity index (χ0n) is 20.3. The predicted molar refractivity (Wildman–Crippen MR) is 125 cm³/mol. The number of alkyl halides is 3. The van der Waals surface area contributed by atoms with Crippen LogP contribution < -0.4 is 4.90 Å². The number of halogens is 3. The van der Waals surface area contributed by atoms with Crippen molar-refractivity contribution in [3.05, 3.63) is 23.2 Å². The molecule has 0 saturated carbocycles. The molecule has 3 heterocycles. The molecule has 8 nitrogen and oxygen atoms in total. The molecule has 34 heavy (non-hydrogen) atoms. The molecule has 1 amide bonds. The number of piperazine rings is 1. The van der Waals surface area contributed by atoms with Crippen molar-refractivity contribution in [3.63, 3.8) is 0 Å². The summed E-state index contributed by atoms with van der Waals surface area (Å²) in [6, 6.07) is -0.252. The summed E-state index contributed by atoms with van der Waals surface area (Å²) in [4.78, 5) is 30.5. The maximum atomic E-state index is 13.5. The highest BCUT2D eigenvalue weighted by atomic mass is 32.1. The third kappa shape index (κ3) is 6.56. The molecule has 0 N–H and O–H groups in total. The van der Waals surface area contributed by atoms with E-state index >= 15 is 0 Å². The fraction of sp³-hybridized carbons (Fsp3) is 0.636. The number of hydrogen-bond acceptors (Lipinski definition) is 8. The quantitative estimate of drug-likeness (QED) is 0.610. The predicted octanol–water partition coefficient (Wildman–Crippen LogP) is 4.17. The van der Waals surface area contributed by atoms with Gasteiger partial charge in [-0.1, -0.05) is 11.3 Å². The van der Waals surface area contributed by atoms with Crippen molar-refractivity contribution in [2.24, 2.45) is 0 Å². The number of ether oxygens (including phenoxy) is 1. The van der Waals surface area contributed by atoms with Gasteiger partial charge in [-0.2, -0.15) is 13.2 Å². The van der Waals surface area contributed by atoms with Crippen molar-refractivity contribution in [3.8, 4) is 11.3 Å². The Balaban J connectivity index is 1.85. The van der Waals surface area contributed by atoms with E-state index in [-0.39, 0.29) is 11.7 Å². The van der Waals surface area contributed by atoms with E-state index < -0.39 is 22.9 Å². The van der Waals surface area contributed by atoms with E-state index in [1.54, 1.807) is 25.7 Å². The third-order valence-electron chi connectivity index (χ3n) is 5.16. The minimum absolute atomic E-state index is 0.203. The molecule has 0 aromatic carbocycles. The molecule has 0 spiro atoms. The second-order valence-electron chi connectivity index (χ2n) is 9.58. The molecule has 188 valence electrons. The Morgan fingerprint density at radius 1 is 1.21 bits per heavy atom. The van der Waals surface area contributed by atoms with Gasteiger partial charge in [-0.25, -0.2) is 19.7 Å². The van der Waals surface area contributed by atoms with Crippen LogP contribution >= 0.6 is 11.3 Å². The van der Waals surface area contributed by atoms with Crippen LogP contribution in [-0.2, 0) is 17.3 Å². The highest BCUT2D eigenvalue weighted by Crippen LogP contribution is 2.43. The number of aromatic nitrogens is 3. The lowest BCUT2D eigenvalue weighted by Gasteiger charge is -2.40. The first-order valence-corrected chi connectivity index (χ1v) is 11.8. The SMILES string of the molecule is CC1CN(c2sc(C(F)(F)F)nc2-c2cnc(CCN(C)C)nc2)CCN1C(=O)OC(C)(C)C. The van der Waals surface area contributed by atoms with Crippen LogP contribution in [0.5, 0.6) is 0 Å². The standard InChI is InChI=1S/C22H31F3N6O2S/c1-14-13-30(9-10-31(14)20(32)33-21(2,3)4)18-17(28-19(34-18)22(23,24)25)15-11-26-16(27-12-15)7-8-29(5)6/h11-12,14H,7-10,13H2,1-6H3. The maximum absolute atomic E-state index is 13.5. The lowest BCUT2D eigenvalue weighted by atomic mass is 10.1. The molecule has 2 aromatic rings.